The van der Waals surface area contributed by atoms with Gasteiger partial charge in [0.25, 0.3) is 0 Å². The van der Waals surface area contributed by atoms with Crippen molar-refractivity contribution in [2.75, 3.05) is 32.5 Å². The number of anilines is 1. The van der Waals surface area contributed by atoms with Gasteiger partial charge in [-0.2, -0.15) is 5.10 Å². The Kier molecular flexibility index (Phi) is 4.55. The van der Waals surface area contributed by atoms with Crippen LogP contribution in [0.3, 0.4) is 0 Å². The fraction of sp³-hybridized carbons (Fsp3) is 0.615. The first-order valence-electron chi connectivity index (χ1n) is 7.06. The van der Waals surface area contributed by atoms with Crippen LogP contribution >= 0.6 is 22.6 Å². The number of nitrogens with two attached hydrogens (primary N) is 1. The summed E-state index contributed by atoms with van der Waals surface area (Å²) in [6.45, 7) is 3.93. The third kappa shape index (κ3) is 3.11. The number of fused-ring (bicyclic) bond motifs is 1. The summed E-state index contributed by atoms with van der Waals surface area (Å²) in [5.41, 5.74) is 6.72. The summed E-state index contributed by atoms with van der Waals surface area (Å²) in [6, 6.07) is 0. The number of ether oxygens (including phenoxy) is 1. The number of likely N-dealkylation sites (tertiary alicyclic amines) is 1. The van der Waals surface area contributed by atoms with Gasteiger partial charge in [0.2, 0.25) is 0 Å². The summed E-state index contributed by atoms with van der Waals surface area (Å²) in [4.78, 5) is 10.8. The van der Waals surface area contributed by atoms with Crippen LogP contribution in [0.1, 0.15) is 12.8 Å². The van der Waals surface area contributed by atoms with Gasteiger partial charge in [-0.15, -0.1) is 0 Å². The maximum atomic E-state index is 5.91. The Morgan fingerprint density at radius 2 is 2.10 bits per heavy atom. The van der Waals surface area contributed by atoms with Crippen LogP contribution in [-0.2, 0) is 11.3 Å². The Morgan fingerprint density at radius 3 is 2.81 bits per heavy atom. The molecule has 0 radical (unpaired) electrons. The minimum absolute atomic E-state index is 0.417. The van der Waals surface area contributed by atoms with Gasteiger partial charge in [-0.05, 0) is 35.4 Å². The van der Waals surface area contributed by atoms with Gasteiger partial charge in [-0.3, -0.25) is 0 Å². The Labute approximate surface area is 137 Å². The lowest BCUT2D eigenvalue weighted by molar-refractivity contribution is 0.0400. The normalized spacial score (nSPS) is 17.6. The second kappa shape index (κ2) is 6.41. The molecule has 1 aliphatic heterocycles. The van der Waals surface area contributed by atoms with Crippen molar-refractivity contribution in [3.63, 3.8) is 0 Å². The highest BCUT2D eigenvalue weighted by atomic mass is 127. The van der Waals surface area contributed by atoms with Gasteiger partial charge < -0.3 is 15.4 Å². The van der Waals surface area contributed by atoms with E-state index in [2.05, 4.69) is 42.6 Å². The summed E-state index contributed by atoms with van der Waals surface area (Å²) >= 11 is 2.18. The monoisotopic (exact) mass is 402 g/mol. The topological polar surface area (TPSA) is 82.1 Å². The van der Waals surface area contributed by atoms with Crippen LogP contribution in [0.2, 0.25) is 0 Å². The molecule has 1 fully saturated rings. The quantitative estimate of drug-likeness (QED) is 0.773. The molecule has 2 aromatic rings. The van der Waals surface area contributed by atoms with E-state index in [4.69, 9.17) is 10.5 Å². The zero-order chi connectivity index (χ0) is 14.8. The molecule has 2 aromatic heterocycles. The van der Waals surface area contributed by atoms with Gasteiger partial charge >= 0.3 is 0 Å². The van der Waals surface area contributed by atoms with E-state index >= 15 is 0 Å². The minimum atomic E-state index is 0.417. The summed E-state index contributed by atoms with van der Waals surface area (Å²) in [6.07, 6.45) is 4.11. The summed E-state index contributed by atoms with van der Waals surface area (Å²) in [7, 11) is 1.79. The number of methoxy groups -OCH3 is 1. The van der Waals surface area contributed by atoms with Crippen LogP contribution in [0, 0.1) is 3.70 Å². The molecule has 21 heavy (non-hydrogen) atoms. The van der Waals surface area contributed by atoms with E-state index in [0.29, 0.717) is 11.9 Å². The van der Waals surface area contributed by atoms with Crippen LogP contribution in [0.25, 0.3) is 11.0 Å². The van der Waals surface area contributed by atoms with Gasteiger partial charge in [0, 0.05) is 26.7 Å². The number of piperidine rings is 1. The van der Waals surface area contributed by atoms with Crippen LogP contribution in [-0.4, -0.2) is 57.5 Å². The van der Waals surface area contributed by atoms with Crippen molar-refractivity contribution in [3.8, 4) is 0 Å². The molecule has 0 unspecified atom stereocenters. The van der Waals surface area contributed by atoms with E-state index in [9.17, 15) is 0 Å². The molecule has 0 amide bonds. The fourth-order valence-electron chi connectivity index (χ4n) is 2.75. The first-order chi connectivity index (χ1) is 10.2. The van der Waals surface area contributed by atoms with Crippen molar-refractivity contribution < 1.29 is 4.74 Å². The van der Waals surface area contributed by atoms with E-state index in [1.165, 1.54) is 6.33 Å². The molecule has 0 aromatic carbocycles. The maximum Gasteiger partial charge on any atom is 0.164 e. The van der Waals surface area contributed by atoms with Crippen LogP contribution in [0.5, 0.6) is 0 Å². The number of hydrogen-bond donors (Lipinski definition) is 1. The zero-order valence-electron chi connectivity index (χ0n) is 12.0. The maximum absolute atomic E-state index is 5.91. The fourth-order valence-corrected chi connectivity index (χ4v) is 3.52. The molecule has 114 valence electrons. The lowest BCUT2D eigenvalue weighted by Gasteiger charge is -2.30. The highest BCUT2D eigenvalue weighted by molar-refractivity contribution is 14.1. The highest BCUT2D eigenvalue weighted by Crippen LogP contribution is 2.22. The largest absolute Gasteiger partial charge is 0.383 e. The molecule has 3 rings (SSSR count). The predicted octanol–water partition coefficient (Wildman–Crippen LogP) is 1.12. The van der Waals surface area contributed by atoms with Crippen LogP contribution in [0.15, 0.2) is 6.33 Å². The number of rotatable bonds is 4. The van der Waals surface area contributed by atoms with Gasteiger partial charge in [-0.25, -0.2) is 14.6 Å². The molecular weight excluding hydrogens is 383 g/mol. The van der Waals surface area contributed by atoms with Gasteiger partial charge in [0.15, 0.2) is 5.65 Å². The van der Waals surface area contributed by atoms with Crippen molar-refractivity contribution >= 4 is 39.4 Å². The SMILES string of the molecule is COC1CCN(CCn2nc(I)c3c(N)ncnc32)CC1. The molecule has 0 bridgehead atoms. The molecule has 0 atom stereocenters. The standard InChI is InChI=1S/C13H19IN6O/c1-21-9-2-4-19(5-3-9)6-7-20-13-10(11(14)18-20)12(15)16-8-17-13/h8-9H,2-7H2,1H3,(H2,15,16,17). The van der Waals surface area contributed by atoms with E-state index in [-0.39, 0.29) is 0 Å². The average Bonchev–Trinajstić information content (AvgIpc) is 2.83. The van der Waals surface area contributed by atoms with Crippen molar-refractivity contribution in [3.05, 3.63) is 10.0 Å². The average molecular weight is 402 g/mol. The van der Waals surface area contributed by atoms with E-state index in [1.807, 2.05) is 4.68 Å². The summed E-state index contributed by atoms with van der Waals surface area (Å²) in [5.74, 6) is 0.497. The molecule has 7 nitrogen and oxygen atoms in total. The van der Waals surface area contributed by atoms with Gasteiger partial charge in [0.1, 0.15) is 15.8 Å². The van der Waals surface area contributed by atoms with Crippen molar-refractivity contribution in [2.45, 2.75) is 25.5 Å². The Bertz CT molecular complexity index is 622. The molecular formula is C13H19IN6O. The summed E-state index contributed by atoms with van der Waals surface area (Å²) in [5, 5.41) is 5.39. The van der Waals surface area contributed by atoms with E-state index in [1.54, 1.807) is 7.11 Å². The molecule has 3 heterocycles. The third-order valence-corrected chi connectivity index (χ3v) is 4.77. The first kappa shape index (κ1) is 14.9. The number of nitrogen functional groups attached to an aromatic ring is 1. The van der Waals surface area contributed by atoms with Gasteiger partial charge in [0.05, 0.1) is 18.0 Å². The first-order valence-corrected chi connectivity index (χ1v) is 8.14. The van der Waals surface area contributed by atoms with E-state index < -0.39 is 0 Å². The Morgan fingerprint density at radius 1 is 1.33 bits per heavy atom. The third-order valence-electron chi connectivity index (χ3n) is 4.01. The van der Waals surface area contributed by atoms with Crippen molar-refractivity contribution in [2.24, 2.45) is 0 Å². The van der Waals surface area contributed by atoms with Crippen LogP contribution in [0.4, 0.5) is 5.82 Å². The second-order valence-electron chi connectivity index (χ2n) is 5.25. The predicted molar refractivity (Wildman–Crippen MR) is 88.9 cm³/mol. The Balaban J connectivity index is 1.68. The van der Waals surface area contributed by atoms with E-state index in [0.717, 1.165) is 53.8 Å². The molecule has 0 saturated carbocycles. The minimum Gasteiger partial charge on any atom is -0.383 e. The Hall–Kier alpha value is -1.00. The molecule has 1 aliphatic rings. The second-order valence-corrected chi connectivity index (χ2v) is 6.27. The number of halogens is 1. The molecule has 8 heteroatoms. The zero-order valence-corrected chi connectivity index (χ0v) is 14.2. The lowest BCUT2D eigenvalue weighted by atomic mass is 10.1. The number of hydrogen-bond acceptors (Lipinski definition) is 6. The van der Waals surface area contributed by atoms with Crippen LogP contribution < -0.4 is 5.73 Å². The van der Waals surface area contributed by atoms with Crippen molar-refractivity contribution in [1.82, 2.24) is 24.6 Å². The van der Waals surface area contributed by atoms with Crippen molar-refractivity contribution in [1.29, 1.82) is 0 Å². The number of nitrogens with zero attached hydrogens (tertiary/aromatic N) is 5. The molecule has 0 aliphatic carbocycles. The van der Waals surface area contributed by atoms with Gasteiger partial charge in [-0.1, -0.05) is 0 Å². The molecule has 0 spiro atoms. The molecule has 2 N–H and O–H groups in total. The summed E-state index contributed by atoms with van der Waals surface area (Å²) < 4.78 is 8.19. The smallest absolute Gasteiger partial charge is 0.164 e. The lowest BCUT2D eigenvalue weighted by Crippen LogP contribution is -2.38. The molecule has 1 saturated heterocycles. The number of aromatic nitrogens is 4. The highest BCUT2D eigenvalue weighted by Gasteiger charge is 2.19.